The molecule has 4 rings (SSSR count). The lowest BCUT2D eigenvalue weighted by molar-refractivity contribution is 0.121. The molecule has 0 spiro atoms. The monoisotopic (exact) mass is 385 g/mol. The average molecular weight is 385 g/mol. The van der Waals surface area contributed by atoms with Crippen LogP contribution in [-0.4, -0.2) is 79.8 Å². The Hall–Kier alpha value is -3.14. The Bertz CT molecular complexity index is 857. The van der Waals surface area contributed by atoms with Gasteiger partial charge in [0.2, 0.25) is 0 Å². The summed E-state index contributed by atoms with van der Waals surface area (Å²) in [5, 5.41) is 18.4. The second-order valence-corrected chi connectivity index (χ2v) is 6.79. The number of ether oxygens (including phenoxy) is 1. The standard InChI is InChI=1S/C18H23N7O3/c1-27-18(26)25-6-4-24(5-7-25)17-22-16(28-23-17)12-2-3-13(9-19)15(8-12)21-14-10-20-11-14/h2-3,8-9,14,19-21H,4-7,10-11H2,1H3. The van der Waals surface area contributed by atoms with E-state index in [1.165, 1.54) is 13.3 Å². The molecule has 3 heterocycles. The summed E-state index contributed by atoms with van der Waals surface area (Å²) in [4.78, 5) is 19.8. The van der Waals surface area contributed by atoms with Gasteiger partial charge < -0.3 is 35.1 Å². The summed E-state index contributed by atoms with van der Waals surface area (Å²) in [6.07, 6.45) is 1.01. The summed E-state index contributed by atoms with van der Waals surface area (Å²) < 4.78 is 10.2. The van der Waals surface area contributed by atoms with E-state index in [1.54, 1.807) is 4.90 Å². The Morgan fingerprint density at radius 2 is 2.14 bits per heavy atom. The van der Waals surface area contributed by atoms with Crippen LogP contribution in [0.5, 0.6) is 0 Å². The minimum absolute atomic E-state index is 0.318. The summed E-state index contributed by atoms with van der Waals surface area (Å²) in [7, 11) is 1.38. The molecule has 1 amide bonds. The normalized spacial score (nSPS) is 17.2. The van der Waals surface area contributed by atoms with Gasteiger partial charge in [0, 0.05) is 62.3 Å². The number of hydrogen-bond acceptors (Lipinski definition) is 9. The van der Waals surface area contributed by atoms with Gasteiger partial charge >= 0.3 is 6.09 Å². The first-order valence-corrected chi connectivity index (χ1v) is 9.21. The molecule has 2 saturated heterocycles. The van der Waals surface area contributed by atoms with Gasteiger partial charge in [-0.1, -0.05) is 6.07 Å². The summed E-state index contributed by atoms with van der Waals surface area (Å²) in [5.41, 5.74) is 2.49. The van der Waals surface area contributed by atoms with E-state index in [2.05, 4.69) is 20.8 Å². The number of nitrogens with zero attached hydrogens (tertiary/aromatic N) is 4. The van der Waals surface area contributed by atoms with Gasteiger partial charge in [-0.05, 0) is 17.3 Å². The number of piperazine rings is 1. The van der Waals surface area contributed by atoms with Crippen molar-refractivity contribution in [2.45, 2.75) is 6.04 Å². The number of amides is 1. The summed E-state index contributed by atoms with van der Waals surface area (Å²) in [6.45, 7) is 4.14. The molecule has 0 saturated carbocycles. The second kappa shape index (κ2) is 7.85. The van der Waals surface area contributed by atoms with Gasteiger partial charge in [0.15, 0.2) is 0 Å². The number of anilines is 2. The molecular formula is C18H23N7O3. The number of rotatable bonds is 5. The van der Waals surface area contributed by atoms with Crippen LogP contribution in [0.15, 0.2) is 22.7 Å². The van der Waals surface area contributed by atoms with Crippen LogP contribution in [0.4, 0.5) is 16.4 Å². The summed E-state index contributed by atoms with van der Waals surface area (Å²) >= 11 is 0. The van der Waals surface area contributed by atoms with Crippen molar-refractivity contribution in [2.24, 2.45) is 0 Å². The van der Waals surface area contributed by atoms with Crippen LogP contribution in [0.2, 0.25) is 0 Å². The first kappa shape index (κ1) is 18.2. The van der Waals surface area contributed by atoms with E-state index in [1.807, 2.05) is 23.1 Å². The van der Waals surface area contributed by atoms with Crippen LogP contribution in [0, 0.1) is 5.41 Å². The quantitative estimate of drug-likeness (QED) is 0.652. The maximum absolute atomic E-state index is 11.6. The molecule has 10 nitrogen and oxygen atoms in total. The van der Waals surface area contributed by atoms with Crippen LogP contribution < -0.4 is 15.5 Å². The fourth-order valence-corrected chi connectivity index (χ4v) is 3.23. The van der Waals surface area contributed by atoms with Gasteiger partial charge in [-0.25, -0.2) is 4.79 Å². The van der Waals surface area contributed by atoms with E-state index in [0.717, 1.165) is 29.9 Å². The van der Waals surface area contributed by atoms with Crippen molar-refractivity contribution in [1.29, 1.82) is 5.41 Å². The molecule has 28 heavy (non-hydrogen) atoms. The third-order valence-corrected chi connectivity index (χ3v) is 5.01. The van der Waals surface area contributed by atoms with E-state index in [-0.39, 0.29) is 6.09 Å². The minimum atomic E-state index is -0.318. The number of benzene rings is 1. The zero-order valence-corrected chi connectivity index (χ0v) is 15.6. The Morgan fingerprint density at radius 3 is 2.79 bits per heavy atom. The molecule has 0 radical (unpaired) electrons. The van der Waals surface area contributed by atoms with Gasteiger partial charge in [-0.2, -0.15) is 4.98 Å². The molecule has 3 N–H and O–H groups in total. The van der Waals surface area contributed by atoms with Crippen molar-refractivity contribution in [2.75, 3.05) is 56.6 Å². The number of methoxy groups -OCH3 is 1. The van der Waals surface area contributed by atoms with E-state index in [0.29, 0.717) is 44.1 Å². The highest BCUT2D eigenvalue weighted by Gasteiger charge is 2.25. The van der Waals surface area contributed by atoms with Gasteiger partial charge in [0.1, 0.15) is 0 Å². The van der Waals surface area contributed by atoms with Gasteiger partial charge in [0.25, 0.3) is 11.8 Å². The van der Waals surface area contributed by atoms with Crippen LogP contribution >= 0.6 is 0 Å². The van der Waals surface area contributed by atoms with Crippen molar-refractivity contribution in [3.05, 3.63) is 23.8 Å². The minimum Gasteiger partial charge on any atom is -0.453 e. The number of hydrogen-bond donors (Lipinski definition) is 3. The Balaban J connectivity index is 1.47. The van der Waals surface area contributed by atoms with Crippen LogP contribution in [-0.2, 0) is 4.74 Å². The van der Waals surface area contributed by atoms with Gasteiger partial charge in [0.05, 0.1) is 13.2 Å². The maximum atomic E-state index is 11.6. The van der Waals surface area contributed by atoms with E-state index in [9.17, 15) is 4.79 Å². The van der Waals surface area contributed by atoms with Crippen LogP contribution in [0.25, 0.3) is 11.5 Å². The molecule has 2 aliphatic heterocycles. The molecular weight excluding hydrogens is 362 g/mol. The van der Waals surface area contributed by atoms with Crippen molar-refractivity contribution in [3.63, 3.8) is 0 Å². The van der Waals surface area contributed by atoms with Crippen LogP contribution in [0.1, 0.15) is 5.56 Å². The fraction of sp³-hybridized carbons (Fsp3) is 0.444. The first-order chi connectivity index (χ1) is 13.7. The lowest BCUT2D eigenvalue weighted by Gasteiger charge is -2.32. The lowest BCUT2D eigenvalue weighted by atomic mass is 10.1. The smallest absolute Gasteiger partial charge is 0.409 e. The predicted octanol–water partition coefficient (Wildman–Crippen LogP) is 1.01. The van der Waals surface area contributed by atoms with Crippen molar-refractivity contribution in [3.8, 4) is 11.5 Å². The molecule has 2 fully saturated rings. The molecule has 0 unspecified atom stereocenters. The van der Waals surface area contributed by atoms with Crippen molar-refractivity contribution in [1.82, 2.24) is 20.4 Å². The molecule has 2 aliphatic rings. The Morgan fingerprint density at radius 1 is 1.36 bits per heavy atom. The van der Waals surface area contributed by atoms with Crippen molar-refractivity contribution < 1.29 is 14.1 Å². The number of carbonyl (C=O) groups excluding carboxylic acids is 1. The number of carbonyl (C=O) groups is 1. The molecule has 1 aromatic carbocycles. The highest BCUT2D eigenvalue weighted by molar-refractivity contribution is 5.87. The van der Waals surface area contributed by atoms with E-state index >= 15 is 0 Å². The van der Waals surface area contributed by atoms with Gasteiger partial charge in [-0.3, -0.25) is 0 Å². The van der Waals surface area contributed by atoms with Crippen molar-refractivity contribution >= 4 is 23.9 Å². The fourth-order valence-electron chi connectivity index (χ4n) is 3.23. The zero-order valence-electron chi connectivity index (χ0n) is 15.6. The van der Waals surface area contributed by atoms with Gasteiger partial charge in [-0.15, -0.1) is 0 Å². The molecule has 0 bridgehead atoms. The first-order valence-electron chi connectivity index (χ1n) is 9.21. The lowest BCUT2D eigenvalue weighted by Crippen LogP contribution is -2.51. The Labute approximate surface area is 162 Å². The third-order valence-electron chi connectivity index (χ3n) is 5.01. The topological polar surface area (TPSA) is 120 Å². The highest BCUT2D eigenvalue weighted by Crippen LogP contribution is 2.26. The molecule has 2 aromatic rings. The third kappa shape index (κ3) is 3.63. The number of nitrogens with one attached hydrogen (secondary N) is 3. The maximum Gasteiger partial charge on any atom is 0.409 e. The van der Waals surface area contributed by atoms with Crippen LogP contribution in [0.3, 0.4) is 0 Å². The SMILES string of the molecule is COC(=O)N1CCN(c2noc(-c3ccc(C=N)c(NC4CNC4)c3)n2)CC1. The molecule has 1 aromatic heterocycles. The molecule has 0 atom stereocenters. The molecule has 148 valence electrons. The Kier molecular flexibility index (Phi) is 5.11. The van der Waals surface area contributed by atoms with E-state index in [4.69, 9.17) is 14.7 Å². The molecule has 0 aliphatic carbocycles. The summed E-state index contributed by atoms with van der Waals surface area (Å²) in [5.74, 6) is 0.935. The largest absolute Gasteiger partial charge is 0.453 e. The number of aromatic nitrogens is 2. The van der Waals surface area contributed by atoms with E-state index < -0.39 is 0 Å². The highest BCUT2D eigenvalue weighted by atomic mass is 16.5. The molecule has 10 heteroatoms. The predicted molar refractivity (Wildman–Crippen MR) is 104 cm³/mol. The zero-order chi connectivity index (χ0) is 19.5. The average Bonchev–Trinajstić information content (AvgIpc) is 3.20. The summed E-state index contributed by atoms with van der Waals surface area (Å²) in [6, 6.07) is 6.04. The second-order valence-electron chi connectivity index (χ2n) is 6.79.